The fourth-order valence-corrected chi connectivity index (χ4v) is 3.31. The molecule has 1 aromatic rings. The summed E-state index contributed by atoms with van der Waals surface area (Å²) < 4.78 is 23.4. The molecule has 7 heteroatoms. The maximum absolute atomic E-state index is 11.7. The number of sulfone groups is 1. The molecular formula is C14H22N4O2S. The summed E-state index contributed by atoms with van der Waals surface area (Å²) in [7, 11) is -3.30. The van der Waals surface area contributed by atoms with Crippen LogP contribution in [0.4, 0.5) is 0 Å². The van der Waals surface area contributed by atoms with E-state index in [2.05, 4.69) is 14.9 Å². The number of nitrogens with two attached hydrogens (primary N) is 1. The highest BCUT2D eigenvalue weighted by Crippen LogP contribution is 2.14. The van der Waals surface area contributed by atoms with Crippen molar-refractivity contribution in [2.45, 2.75) is 37.1 Å². The Balaban J connectivity index is 2.13. The number of hydrogen-bond donors (Lipinski definition) is 1. The molecule has 1 aliphatic rings. The Hall–Kier alpha value is -1.63. The van der Waals surface area contributed by atoms with E-state index in [9.17, 15) is 8.42 Å². The normalized spacial score (nSPS) is 17.6. The first-order chi connectivity index (χ1) is 9.98. The van der Waals surface area contributed by atoms with Crippen LogP contribution in [-0.2, 0) is 16.4 Å². The molecule has 1 aromatic heterocycles. The monoisotopic (exact) mass is 310 g/mol. The third kappa shape index (κ3) is 4.42. The molecule has 0 radical (unpaired) electrons. The topological polar surface area (TPSA) is 88.6 Å². The Morgan fingerprint density at radius 3 is 2.62 bits per heavy atom. The van der Waals surface area contributed by atoms with Crippen LogP contribution in [0.15, 0.2) is 28.2 Å². The number of likely N-dealkylation sites (tertiary alicyclic amines) is 1. The Morgan fingerprint density at radius 2 is 2.00 bits per heavy atom. The molecule has 1 aliphatic heterocycles. The molecule has 0 aromatic carbocycles. The van der Waals surface area contributed by atoms with Gasteiger partial charge in [0, 0.05) is 25.5 Å². The Kier molecular flexibility index (Phi) is 5.17. The minimum atomic E-state index is -3.30. The molecule has 2 heterocycles. The summed E-state index contributed by atoms with van der Waals surface area (Å²) in [5, 5.41) is 0. The molecule has 0 amide bonds. The first-order valence-electron chi connectivity index (χ1n) is 7.17. The predicted molar refractivity (Wildman–Crippen MR) is 82.7 cm³/mol. The van der Waals surface area contributed by atoms with Gasteiger partial charge < -0.3 is 10.6 Å². The van der Waals surface area contributed by atoms with Crippen LogP contribution in [0.1, 0.15) is 31.4 Å². The minimum absolute atomic E-state index is 0.186. The number of aliphatic imine (C=N–C) groups is 1. The smallest absolute Gasteiger partial charge is 0.191 e. The average Bonchev–Trinajstić information content (AvgIpc) is 2.73. The van der Waals surface area contributed by atoms with Crippen LogP contribution < -0.4 is 5.73 Å². The van der Waals surface area contributed by atoms with E-state index in [0.717, 1.165) is 25.9 Å². The molecule has 1 fully saturated rings. The number of rotatable bonds is 3. The molecule has 0 aliphatic carbocycles. The van der Waals surface area contributed by atoms with Gasteiger partial charge in [0.2, 0.25) is 0 Å². The number of nitrogens with zero attached hydrogens (tertiary/aromatic N) is 3. The molecule has 1 saturated heterocycles. The van der Waals surface area contributed by atoms with Crippen LogP contribution in [0, 0.1) is 0 Å². The van der Waals surface area contributed by atoms with Gasteiger partial charge in [-0.05, 0) is 25.0 Å². The number of hydrogen-bond acceptors (Lipinski definition) is 4. The van der Waals surface area contributed by atoms with Crippen molar-refractivity contribution in [1.82, 2.24) is 9.88 Å². The van der Waals surface area contributed by atoms with Gasteiger partial charge in [-0.3, -0.25) is 4.98 Å². The largest absolute Gasteiger partial charge is 0.370 e. The molecule has 21 heavy (non-hydrogen) atoms. The van der Waals surface area contributed by atoms with Gasteiger partial charge in [-0.2, -0.15) is 0 Å². The van der Waals surface area contributed by atoms with Crippen LogP contribution >= 0.6 is 0 Å². The van der Waals surface area contributed by atoms with Crippen molar-refractivity contribution in [2.24, 2.45) is 10.7 Å². The lowest BCUT2D eigenvalue weighted by Gasteiger charge is -2.21. The summed E-state index contributed by atoms with van der Waals surface area (Å²) in [4.78, 5) is 10.7. The van der Waals surface area contributed by atoms with E-state index in [-0.39, 0.29) is 11.4 Å². The average molecular weight is 310 g/mol. The quantitative estimate of drug-likeness (QED) is 0.669. The SMILES string of the molecule is CS(=O)(=O)c1cccnc1CN=C(N)N1CCCCCC1. The van der Waals surface area contributed by atoms with Crippen molar-refractivity contribution < 1.29 is 8.42 Å². The zero-order chi connectivity index (χ0) is 15.3. The second kappa shape index (κ2) is 6.89. The second-order valence-corrected chi connectivity index (χ2v) is 7.28. The Morgan fingerprint density at radius 1 is 1.33 bits per heavy atom. The van der Waals surface area contributed by atoms with Gasteiger partial charge in [0.15, 0.2) is 15.8 Å². The van der Waals surface area contributed by atoms with Crippen molar-refractivity contribution in [1.29, 1.82) is 0 Å². The Bertz CT molecular complexity index is 605. The molecule has 0 atom stereocenters. The lowest BCUT2D eigenvalue weighted by Crippen LogP contribution is -2.38. The van der Waals surface area contributed by atoms with Crippen molar-refractivity contribution in [3.05, 3.63) is 24.0 Å². The van der Waals surface area contributed by atoms with Gasteiger partial charge >= 0.3 is 0 Å². The summed E-state index contributed by atoms with van der Waals surface area (Å²) in [5.74, 6) is 0.474. The Labute approximate surface area is 126 Å². The van der Waals surface area contributed by atoms with Crippen LogP contribution in [0.3, 0.4) is 0 Å². The van der Waals surface area contributed by atoms with Crippen LogP contribution in [0.25, 0.3) is 0 Å². The van der Waals surface area contributed by atoms with Crippen molar-refractivity contribution in [3.63, 3.8) is 0 Å². The summed E-state index contributed by atoms with van der Waals surface area (Å²) in [6.07, 6.45) is 7.43. The maximum atomic E-state index is 11.7. The van der Waals surface area contributed by atoms with E-state index in [4.69, 9.17) is 5.73 Å². The molecule has 2 N–H and O–H groups in total. The molecule has 0 unspecified atom stereocenters. The summed E-state index contributed by atoms with van der Waals surface area (Å²) in [5.41, 5.74) is 6.47. The third-order valence-corrected chi connectivity index (χ3v) is 4.74. The van der Waals surface area contributed by atoms with E-state index in [1.54, 1.807) is 18.3 Å². The molecule has 2 rings (SSSR count). The highest BCUT2D eigenvalue weighted by atomic mass is 32.2. The van der Waals surface area contributed by atoms with E-state index in [1.165, 1.54) is 19.1 Å². The number of pyridine rings is 1. The summed E-state index contributed by atoms with van der Waals surface area (Å²) >= 11 is 0. The zero-order valence-corrected chi connectivity index (χ0v) is 13.1. The van der Waals surface area contributed by atoms with Gasteiger partial charge in [0.05, 0.1) is 17.1 Å². The molecule has 0 spiro atoms. The van der Waals surface area contributed by atoms with E-state index < -0.39 is 9.84 Å². The van der Waals surface area contributed by atoms with Crippen LogP contribution in [-0.4, -0.2) is 43.6 Å². The third-order valence-electron chi connectivity index (χ3n) is 3.57. The molecule has 0 bridgehead atoms. The predicted octanol–water partition coefficient (Wildman–Crippen LogP) is 1.18. The summed E-state index contributed by atoms with van der Waals surface area (Å²) in [6, 6.07) is 3.16. The van der Waals surface area contributed by atoms with Gasteiger partial charge in [-0.25, -0.2) is 13.4 Å². The van der Waals surface area contributed by atoms with E-state index in [0.29, 0.717) is 11.7 Å². The van der Waals surface area contributed by atoms with Gasteiger partial charge in [0.1, 0.15) is 0 Å². The van der Waals surface area contributed by atoms with Crippen molar-refractivity contribution in [3.8, 4) is 0 Å². The van der Waals surface area contributed by atoms with E-state index >= 15 is 0 Å². The van der Waals surface area contributed by atoms with Crippen molar-refractivity contribution in [2.75, 3.05) is 19.3 Å². The van der Waals surface area contributed by atoms with E-state index in [1.807, 2.05) is 0 Å². The molecule has 0 saturated carbocycles. The number of guanidine groups is 1. The maximum Gasteiger partial charge on any atom is 0.191 e. The lowest BCUT2D eigenvalue weighted by molar-refractivity contribution is 0.428. The van der Waals surface area contributed by atoms with Gasteiger partial charge in [0.25, 0.3) is 0 Å². The van der Waals surface area contributed by atoms with Gasteiger partial charge in [-0.1, -0.05) is 12.8 Å². The van der Waals surface area contributed by atoms with Crippen LogP contribution in [0.2, 0.25) is 0 Å². The standard InChI is InChI=1S/C14H22N4O2S/c1-21(19,20)13-7-6-8-16-12(13)11-17-14(15)18-9-4-2-3-5-10-18/h6-8H,2-5,9-11H2,1H3,(H2,15,17). The fraction of sp³-hybridized carbons (Fsp3) is 0.571. The summed E-state index contributed by atoms with van der Waals surface area (Å²) in [6.45, 7) is 2.01. The van der Waals surface area contributed by atoms with Crippen LogP contribution in [0.5, 0.6) is 0 Å². The number of aromatic nitrogens is 1. The molecule has 116 valence electrons. The first-order valence-corrected chi connectivity index (χ1v) is 9.06. The highest BCUT2D eigenvalue weighted by Gasteiger charge is 2.15. The highest BCUT2D eigenvalue weighted by molar-refractivity contribution is 7.90. The van der Waals surface area contributed by atoms with Gasteiger partial charge in [-0.15, -0.1) is 0 Å². The second-order valence-electron chi connectivity index (χ2n) is 5.30. The van der Waals surface area contributed by atoms with Crippen molar-refractivity contribution >= 4 is 15.8 Å². The first kappa shape index (κ1) is 15.8. The zero-order valence-electron chi connectivity index (χ0n) is 12.3. The fourth-order valence-electron chi connectivity index (χ4n) is 2.44. The lowest BCUT2D eigenvalue weighted by atomic mass is 10.2. The minimum Gasteiger partial charge on any atom is -0.370 e. The molecular weight excluding hydrogens is 288 g/mol. The molecule has 6 nitrogen and oxygen atoms in total.